The van der Waals surface area contributed by atoms with Crippen LogP contribution in [0.4, 0.5) is 0 Å². The summed E-state index contributed by atoms with van der Waals surface area (Å²) in [5.41, 5.74) is 0.0568. The van der Waals surface area contributed by atoms with E-state index in [2.05, 4.69) is 28.4 Å². The van der Waals surface area contributed by atoms with Crippen LogP contribution < -0.4 is 14.8 Å². The number of carbonyl (C=O) groups is 2. The number of hydrogen-bond acceptors (Lipinski definition) is 8. The van der Waals surface area contributed by atoms with Crippen LogP contribution in [-0.2, 0) is 30.2 Å². The second kappa shape index (κ2) is 9.16. The second-order valence-corrected chi connectivity index (χ2v) is 11.9. The van der Waals surface area contributed by atoms with E-state index in [9.17, 15) is 9.59 Å². The summed E-state index contributed by atoms with van der Waals surface area (Å²) in [6.07, 6.45) is 6.33. The average Bonchev–Trinajstić information content (AvgIpc) is 3.57. The number of esters is 1. The standard InChI is InChI=1S/C29H38N2O7/c1-27(2)8-5-10-29(38-27,16-23(32)30-3)26(33)37-25-22(34-4)15-28-9-6-11-31(28)12-7-18-13-20-21(36-17-35-20)14-19(18)24(25)28/h13-15,24-25H,5-12,16-17H2,1-4H3,(H,30,32)/t24-,25?,28?,29?/m1/s1. The predicted molar refractivity (Wildman–Crippen MR) is 138 cm³/mol. The number of benzene rings is 1. The van der Waals surface area contributed by atoms with Gasteiger partial charge in [-0.15, -0.1) is 0 Å². The molecule has 0 radical (unpaired) electrons. The molecule has 6 rings (SSSR count). The van der Waals surface area contributed by atoms with Gasteiger partial charge in [0.15, 0.2) is 23.2 Å². The van der Waals surface area contributed by atoms with Crippen LogP contribution in [-0.4, -0.2) is 73.7 Å². The monoisotopic (exact) mass is 526 g/mol. The molecule has 1 spiro atoms. The smallest absolute Gasteiger partial charge is 0.339 e. The largest absolute Gasteiger partial charge is 0.497 e. The van der Waals surface area contributed by atoms with Gasteiger partial charge in [-0.3, -0.25) is 9.69 Å². The Hall–Kier alpha value is -2.78. The van der Waals surface area contributed by atoms with Crippen LogP contribution in [0.3, 0.4) is 0 Å². The molecule has 0 bridgehead atoms. The van der Waals surface area contributed by atoms with Crippen molar-refractivity contribution in [2.45, 2.75) is 87.6 Å². The molecule has 4 atom stereocenters. The lowest BCUT2D eigenvalue weighted by atomic mass is 9.77. The van der Waals surface area contributed by atoms with Crippen LogP contribution in [0.15, 0.2) is 24.0 Å². The maximum absolute atomic E-state index is 14.2. The van der Waals surface area contributed by atoms with Crippen molar-refractivity contribution >= 4 is 11.9 Å². The molecular formula is C29H38N2O7. The van der Waals surface area contributed by atoms with Crippen molar-refractivity contribution in [3.05, 3.63) is 35.1 Å². The molecule has 1 amide bonds. The number of hydrogen-bond donors (Lipinski definition) is 1. The Labute approximate surface area is 223 Å². The zero-order chi connectivity index (χ0) is 26.7. The molecule has 1 aromatic rings. The van der Waals surface area contributed by atoms with Gasteiger partial charge in [-0.25, -0.2) is 4.79 Å². The highest BCUT2D eigenvalue weighted by molar-refractivity contribution is 5.88. The summed E-state index contributed by atoms with van der Waals surface area (Å²) in [5.74, 6) is 1.19. The van der Waals surface area contributed by atoms with Crippen LogP contribution in [0.2, 0.25) is 0 Å². The predicted octanol–water partition coefficient (Wildman–Crippen LogP) is 3.20. The van der Waals surface area contributed by atoms with Crippen LogP contribution >= 0.6 is 0 Å². The molecule has 206 valence electrons. The maximum atomic E-state index is 14.2. The van der Waals surface area contributed by atoms with Gasteiger partial charge in [0, 0.05) is 13.6 Å². The van der Waals surface area contributed by atoms with Gasteiger partial charge >= 0.3 is 5.97 Å². The summed E-state index contributed by atoms with van der Waals surface area (Å²) in [5, 5.41) is 2.66. The Morgan fingerprint density at radius 1 is 1.11 bits per heavy atom. The lowest BCUT2D eigenvalue weighted by molar-refractivity contribution is -0.214. The molecule has 0 aromatic heterocycles. The number of ether oxygens (including phenoxy) is 5. The molecule has 38 heavy (non-hydrogen) atoms. The van der Waals surface area contributed by atoms with E-state index >= 15 is 0 Å². The molecule has 3 unspecified atom stereocenters. The third kappa shape index (κ3) is 3.97. The fourth-order valence-electron chi connectivity index (χ4n) is 7.44. The fourth-order valence-corrected chi connectivity index (χ4v) is 7.44. The molecule has 9 nitrogen and oxygen atoms in total. The highest BCUT2D eigenvalue weighted by Gasteiger charge is 2.59. The SMILES string of the molecule is CNC(=O)CC1(C(=O)OC2C(OC)=CC34CCCN3CCc3cc5c(cc3[C@H]24)OCO5)CCCC(C)(C)O1. The summed E-state index contributed by atoms with van der Waals surface area (Å²) in [6, 6.07) is 4.15. The lowest BCUT2D eigenvalue weighted by Gasteiger charge is -2.44. The molecule has 1 aromatic carbocycles. The number of fused-ring (bicyclic) bond motifs is 3. The number of nitrogens with one attached hydrogen (secondary N) is 1. The van der Waals surface area contributed by atoms with Crippen LogP contribution in [0, 0.1) is 0 Å². The van der Waals surface area contributed by atoms with Crippen LogP contribution in [0.5, 0.6) is 11.5 Å². The van der Waals surface area contributed by atoms with Crippen molar-refractivity contribution in [3.63, 3.8) is 0 Å². The highest BCUT2D eigenvalue weighted by Crippen LogP contribution is 2.56. The Bertz CT molecular complexity index is 1180. The number of nitrogens with zero attached hydrogens (tertiary/aromatic N) is 1. The Balaban J connectivity index is 1.41. The van der Waals surface area contributed by atoms with Gasteiger partial charge in [-0.1, -0.05) is 0 Å². The van der Waals surface area contributed by atoms with Crippen molar-refractivity contribution in [1.29, 1.82) is 0 Å². The minimum absolute atomic E-state index is 0.0816. The van der Waals surface area contributed by atoms with E-state index in [-0.39, 0.29) is 30.6 Å². The summed E-state index contributed by atoms with van der Waals surface area (Å²) < 4.78 is 30.2. The first kappa shape index (κ1) is 25.5. The van der Waals surface area contributed by atoms with E-state index < -0.39 is 23.3 Å². The first-order valence-electron chi connectivity index (χ1n) is 13.8. The molecule has 5 aliphatic rings. The van der Waals surface area contributed by atoms with Gasteiger partial charge in [0.1, 0.15) is 5.76 Å². The Kier molecular flexibility index (Phi) is 6.14. The summed E-state index contributed by atoms with van der Waals surface area (Å²) >= 11 is 0. The van der Waals surface area contributed by atoms with E-state index in [0.717, 1.165) is 62.3 Å². The third-order valence-electron chi connectivity index (χ3n) is 9.13. The molecular weight excluding hydrogens is 488 g/mol. The second-order valence-electron chi connectivity index (χ2n) is 11.9. The van der Waals surface area contributed by atoms with E-state index in [1.807, 2.05) is 13.8 Å². The van der Waals surface area contributed by atoms with E-state index in [0.29, 0.717) is 12.2 Å². The van der Waals surface area contributed by atoms with Crippen molar-refractivity contribution < 1.29 is 33.3 Å². The summed E-state index contributed by atoms with van der Waals surface area (Å²) in [4.78, 5) is 29.3. The molecule has 4 aliphatic heterocycles. The first-order valence-corrected chi connectivity index (χ1v) is 13.8. The summed E-state index contributed by atoms with van der Waals surface area (Å²) in [7, 11) is 3.21. The first-order chi connectivity index (χ1) is 18.2. The van der Waals surface area contributed by atoms with Crippen molar-refractivity contribution in [1.82, 2.24) is 10.2 Å². The number of carbonyl (C=O) groups excluding carboxylic acids is 2. The number of rotatable bonds is 5. The topological polar surface area (TPSA) is 95.6 Å². The maximum Gasteiger partial charge on any atom is 0.339 e. The van der Waals surface area contributed by atoms with E-state index in [1.54, 1.807) is 14.2 Å². The van der Waals surface area contributed by atoms with Gasteiger partial charge in [0.2, 0.25) is 12.7 Å². The molecule has 1 N–H and O–H groups in total. The average molecular weight is 527 g/mol. The normalized spacial score (nSPS) is 32.9. The fraction of sp³-hybridized carbons (Fsp3) is 0.655. The van der Waals surface area contributed by atoms with Crippen molar-refractivity contribution in [3.8, 4) is 11.5 Å². The third-order valence-corrected chi connectivity index (χ3v) is 9.13. The Morgan fingerprint density at radius 3 is 2.63 bits per heavy atom. The molecule has 9 heteroatoms. The summed E-state index contributed by atoms with van der Waals surface area (Å²) in [6.45, 7) is 6.00. The van der Waals surface area contributed by atoms with Gasteiger partial charge in [0.25, 0.3) is 0 Å². The molecule has 2 saturated heterocycles. The lowest BCUT2D eigenvalue weighted by Crippen LogP contribution is -2.55. The van der Waals surface area contributed by atoms with E-state index in [1.165, 1.54) is 5.56 Å². The van der Waals surface area contributed by atoms with Gasteiger partial charge in [-0.05, 0) is 88.3 Å². The zero-order valence-electron chi connectivity index (χ0n) is 22.8. The van der Waals surface area contributed by atoms with Crippen molar-refractivity contribution in [2.75, 3.05) is 34.0 Å². The molecule has 1 aliphatic carbocycles. The van der Waals surface area contributed by atoms with E-state index in [4.69, 9.17) is 23.7 Å². The van der Waals surface area contributed by atoms with Crippen LogP contribution in [0.1, 0.15) is 69.4 Å². The van der Waals surface area contributed by atoms with Gasteiger partial charge < -0.3 is 29.0 Å². The Morgan fingerprint density at radius 2 is 1.89 bits per heavy atom. The quantitative estimate of drug-likeness (QED) is 0.585. The minimum Gasteiger partial charge on any atom is -0.497 e. The number of methoxy groups -OCH3 is 1. The molecule has 4 heterocycles. The van der Waals surface area contributed by atoms with Crippen molar-refractivity contribution in [2.24, 2.45) is 0 Å². The van der Waals surface area contributed by atoms with Crippen LogP contribution in [0.25, 0.3) is 0 Å². The molecule has 0 saturated carbocycles. The number of amides is 1. The van der Waals surface area contributed by atoms with Gasteiger partial charge in [0.05, 0.1) is 30.6 Å². The zero-order valence-corrected chi connectivity index (χ0v) is 22.8. The highest BCUT2D eigenvalue weighted by atomic mass is 16.7. The van der Waals surface area contributed by atoms with Gasteiger partial charge in [-0.2, -0.15) is 0 Å². The molecule has 2 fully saturated rings. The minimum atomic E-state index is -1.35.